The van der Waals surface area contributed by atoms with Crippen LogP contribution in [-0.4, -0.2) is 27.3 Å². The van der Waals surface area contributed by atoms with Crippen molar-refractivity contribution in [3.63, 3.8) is 0 Å². The Hall–Kier alpha value is -2.69. The normalized spacial score (nSPS) is 10.4. The van der Waals surface area contributed by atoms with Crippen molar-refractivity contribution in [3.05, 3.63) is 54.6 Å². The Morgan fingerprint density at radius 3 is 2.47 bits per heavy atom. The standard InChI is InChI=1S/C14H12N4O/c1-19-13-10-6-5-9-12(13)18-16-14(15-17-18)11-7-3-2-4-8-11/h2-10H,1H3. The van der Waals surface area contributed by atoms with Crippen LogP contribution in [0.25, 0.3) is 17.1 Å². The molecule has 5 heteroatoms. The quantitative estimate of drug-likeness (QED) is 0.718. The molecule has 0 unspecified atom stereocenters. The largest absolute Gasteiger partial charge is 0.494 e. The zero-order chi connectivity index (χ0) is 13.1. The van der Waals surface area contributed by atoms with Crippen LogP contribution in [0.15, 0.2) is 54.6 Å². The van der Waals surface area contributed by atoms with Crippen molar-refractivity contribution in [2.45, 2.75) is 0 Å². The van der Waals surface area contributed by atoms with Gasteiger partial charge >= 0.3 is 0 Å². The van der Waals surface area contributed by atoms with Gasteiger partial charge in [0.15, 0.2) is 0 Å². The maximum absolute atomic E-state index is 5.29. The highest BCUT2D eigenvalue weighted by Gasteiger charge is 2.10. The summed E-state index contributed by atoms with van der Waals surface area (Å²) in [6.45, 7) is 0. The van der Waals surface area contributed by atoms with Gasteiger partial charge in [0.25, 0.3) is 0 Å². The van der Waals surface area contributed by atoms with Crippen LogP contribution in [-0.2, 0) is 0 Å². The minimum absolute atomic E-state index is 0.589. The smallest absolute Gasteiger partial charge is 0.205 e. The molecule has 0 amide bonds. The Kier molecular flexibility index (Phi) is 2.94. The highest BCUT2D eigenvalue weighted by atomic mass is 16.5. The Labute approximate surface area is 110 Å². The lowest BCUT2D eigenvalue weighted by molar-refractivity contribution is 0.409. The molecule has 0 aliphatic heterocycles. The average molecular weight is 252 g/mol. The Morgan fingerprint density at radius 2 is 1.68 bits per heavy atom. The summed E-state index contributed by atoms with van der Waals surface area (Å²) in [7, 11) is 1.62. The second-order valence-corrected chi connectivity index (χ2v) is 3.94. The molecule has 5 nitrogen and oxygen atoms in total. The third-order valence-electron chi connectivity index (χ3n) is 2.75. The molecule has 0 aliphatic rings. The molecule has 1 heterocycles. The van der Waals surface area contributed by atoms with Gasteiger partial charge in [-0.05, 0) is 17.3 Å². The molecule has 0 spiro atoms. The van der Waals surface area contributed by atoms with Gasteiger partial charge in [-0.2, -0.15) is 0 Å². The number of rotatable bonds is 3. The maximum atomic E-state index is 5.29. The second-order valence-electron chi connectivity index (χ2n) is 3.94. The molecule has 94 valence electrons. The summed E-state index contributed by atoms with van der Waals surface area (Å²) in [6, 6.07) is 17.3. The first kappa shape index (κ1) is 11.4. The van der Waals surface area contributed by atoms with Crippen molar-refractivity contribution < 1.29 is 4.74 Å². The summed E-state index contributed by atoms with van der Waals surface area (Å²) >= 11 is 0. The van der Waals surface area contributed by atoms with Crippen LogP contribution < -0.4 is 4.74 Å². The van der Waals surface area contributed by atoms with Crippen LogP contribution in [0.4, 0.5) is 0 Å². The number of aromatic nitrogens is 4. The SMILES string of the molecule is COc1ccccc1-n1nnc(-c2ccccc2)n1. The maximum Gasteiger partial charge on any atom is 0.205 e. The molecule has 0 N–H and O–H groups in total. The number of nitrogens with zero attached hydrogens (tertiary/aromatic N) is 4. The van der Waals surface area contributed by atoms with Crippen molar-refractivity contribution in [3.8, 4) is 22.8 Å². The van der Waals surface area contributed by atoms with Gasteiger partial charge < -0.3 is 4.74 Å². The minimum atomic E-state index is 0.589. The van der Waals surface area contributed by atoms with Gasteiger partial charge in [0.1, 0.15) is 11.4 Å². The third kappa shape index (κ3) is 2.18. The molecule has 0 aliphatic carbocycles. The van der Waals surface area contributed by atoms with Crippen LogP contribution in [0, 0.1) is 0 Å². The van der Waals surface area contributed by atoms with Crippen molar-refractivity contribution >= 4 is 0 Å². The molecule has 19 heavy (non-hydrogen) atoms. The molecule has 3 aromatic rings. The van der Waals surface area contributed by atoms with Gasteiger partial charge in [-0.3, -0.25) is 0 Å². The number of para-hydroxylation sites is 2. The third-order valence-corrected chi connectivity index (χ3v) is 2.75. The van der Waals surface area contributed by atoms with E-state index in [0.29, 0.717) is 11.6 Å². The van der Waals surface area contributed by atoms with E-state index < -0.39 is 0 Å². The van der Waals surface area contributed by atoms with E-state index in [-0.39, 0.29) is 0 Å². The van der Waals surface area contributed by atoms with Gasteiger partial charge in [0.05, 0.1) is 7.11 Å². The fraction of sp³-hybridized carbons (Fsp3) is 0.0714. The van der Waals surface area contributed by atoms with Crippen molar-refractivity contribution in [2.24, 2.45) is 0 Å². The fourth-order valence-corrected chi connectivity index (χ4v) is 1.81. The molecule has 0 saturated heterocycles. The summed E-state index contributed by atoms with van der Waals surface area (Å²) in [5.41, 5.74) is 1.70. The van der Waals surface area contributed by atoms with E-state index in [1.807, 2.05) is 54.6 Å². The van der Waals surface area contributed by atoms with Crippen molar-refractivity contribution in [1.82, 2.24) is 20.2 Å². The van der Waals surface area contributed by atoms with Gasteiger partial charge in [-0.15, -0.1) is 15.0 Å². The molecule has 0 atom stereocenters. The van der Waals surface area contributed by atoms with Gasteiger partial charge in [0, 0.05) is 5.56 Å². The Morgan fingerprint density at radius 1 is 0.947 bits per heavy atom. The molecule has 0 saturated carbocycles. The van der Waals surface area contributed by atoms with E-state index in [9.17, 15) is 0 Å². The van der Waals surface area contributed by atoms with E-state index in [4.69, 9.17) is 4.74 Å². The van der Waals surface area contributed by atoms with Crippen LogP contribution in [0.5, 0.6) is 5.75 Å². The van der Waals surface area contributed by atoms with E-state index in [0.717, 1.165) is 11.3 Å². The predicted molar refractivity (Wildman–Crippen MR) is 71.1 cm³/mol. The Bertz CT molecular complexity index is 679. The molecular formula is C14H12N4O. The van der Waals surface area contributed by atoms with Crippen molar-refractivity contribution in [1.29, 1.82) is 0 Å². The molecular weight excluding hydrogens is 240 g/mol. The average Bonchev–Trinajstić information content (AvgIpc) is 2.98. The Balaban J connectivity index is 2.02. The zero-order valence-corrected chi connectivity index (χ0v) is 10.4. The van der Waals surface area contributed by atoms with E-state index in [2.05, 4.69) is 15.4 Å². The molecule has 2 aromatic carbocycles. The van der Waals surface area contributed by atoms with E-state index in [1.165, 1.54) is 4.80 Å². The first-order valence-corrected chi connectivity index (χ1v) is 5.87. The lowest BCUT2D eigenvalue weighted by atomic mass is 10.2. The monoisotopic (exact) mass is 252 g/mol. The predicted octanol–water partition coefficient (Wildman–Crippen LogP) is 2.34. The molecule has 0 radical (unpaired) electrons. The second kappa shape index (κ2) is 4.89. The summed E-state index contributed by atoms with van der Waals surface area (Å²) in [6.07, 6.45) is 0. The van der Waals surface area contributed by atoms with Gasteiger partial charge in [-0.1, -0.05) is 42.5 Å². The number of tetrazole rings is 1. The molecule has 1 aromatic heterocycles. The summed E-state index contributed by atoms with van der Waals surface area (Å²) < 4.78 is 5.29. The summed E-state index contributed by atoms with van der Waals surface area (Å²) in [4.78, 5) is 1.47. The summed E-state index contributed by atoms with van der Waals surface area (Å²) in [5.74, 6) is 1.30. The lowest BCUT2D eigenvalue weighted by Crippen LogP contribution is -2.01. The number of methoxy groups -OCH3 is 1. The first-order valence-electron chi connectivity index (χ1n) is 5.87. The number of ether oxygens (including phenoxy) is 1. The van der Waals surface area contributed by atoms with Crippen LogP contribution in [0.3, 0.4) is 0 Å². The first-order chi connectivity index (χ1) is 9.38. The van der Waals surface area contributed by atoms with Crippen molar-refractivity contribution in [2.75, 3.05) is 7.11 Å². The van der Waals surface area contributed by atoms with Crippen LogP contribution in [0.2, 0.25) is 0 Å². The minimum Gasteiger partial charge on any atom is -0.494 e. The van der Waals surface area contributed by atoms with Gasteiger partial charge in [0.2, 0.25) is 5.82 Å². The highest BCUT2D eigenvalue weighted by molar-refractivity contribution is 5.54. The lowest BCUT2D eigenvalue weighted by Gasteiger charge is -2.05. The zero-order valence-electron chi connectivity index (χ0n) is 10.4. The van der Waals surface area contributed by atoms with Gasteiger partial charge in [-0.25, -0.2) is 0 Å². The number of hydrogen-bond donors (Lipinski definition) is 0. The molecule has 0 fully saturated rings. The summed E-state index contributed by atoms with van der Waals surface area (Å²) in [5, 5.41) is 12.5. The number of benzene rings is 2. The van der Waals surface area contributed by atoms with E-state index in [1.54, 1.807) is 7.11 Å². The fourth-order valence-electron chi connectivity index (χ4n) is 1.81. The van der Waals surface area contributed by atoms with Crippen LogP contribution in [0.1, 0.15) is 0 Å². The molecule has 3 rings (SSSR count). The topological polar surface area (TPSA) is 52.8 Å². The van der Waals surface area contributed by atoms with E-state index >= 15 is 0 Å². The molecule has 0 bridgehead atoms. The van der Waals surface area contributed by atoms with Crippen LogP contribution >= 0.6 is 0 Å². The highest BCUT2D eigenvalue weighted by Crippen LogP contribution is 2.21. The number of hydrogen-bond acceptors (Lipinski definition) is 4.